The predicted molar refractivity (Wildman–Crippen MR) is 158 cm³/mol. The molecule has 3 aromatic rings. The van der Waals surface area contributed by atoms with Crippen LogP contribution in [0.1, 0.15) is 77.0 Å². The van der Waals surface area contributed by atoms with Crippen LogP contribution in [0.3, 0.4) is 0 Å². The van der Waals surface area contributed by atoms with Crippen LogP contribution in [0.4, 0.5) is 23.2 Å². The smallest absolute Gasteiger partial charge is 0.416 e. The molecular formula is C33H32ClF4NO5. The van der Waals surface area contributed by atoms with Crippen LogP contribution in [0.15, 0.2) is 30.3 Å². The highest BCUT2D eigenvalue weighted by Gasteiger charge is 2.38. The number of hydrogen-bond acceptors (Lipinski definition) is 4. The largest absolute Gasteiger partial charge is 0.490 e. The Hall–Kier alpha value is -3.63. The van der Waals surface area contributed by atoms with Gasteiger partial charge >= 0.3 is 12.1 Å². The molecule has 0 saturated heterocycles. The van der Waals surface area contributed by atoms with Gasteiger partial charge in [0.05, 0.1) is 28.4 Å². The SMILES string of the molecule is Cc1cc2c(c(-c3cc(F)c4c(c3C)CCCO4)c1[C@H](OC(C)(C)C)C(=O)O)CCN2C(=O)c1ccc(C(F)(F)F)cc1Cl. The van der Waals surface area contributed by atoms with Crippen LogP contribution >= 0.6 is 11.6 Å². The van der Waals surface area contributed by atoms with Crippen LogP contribution in [0.25, 0.3) is 11.1 Å². The van der Waals surface area contributed by atoms with Gasteiger partial charge in [0, 0.05) is 23.4 Å². The summed E-state index contributed by atoms with van der Waals surface area (Å²) >= 11 is 6.18. The van der Waals surface area contributed by atoms with Crippen LogP contribution in [0, 0.1) is 19.7 Å². The summed E-state index contributed by atoms with van der Waals surface area (Å²) in [4.78, 5) is 27.9. The molecule has 0 saturated carbocycles. The van der Waals surface area contributed by atoms with Gasteiger partial charge in [0.2, 0.25) is 0 Å². The fraction of sp³-hybridized carbons (Fsp3) is 0.394. The van der Waals surface area contributed by atoms with E-state index in [1.165, 1.54) is 11.0 Å². The van der Waals surface area contributed by atoms with E-state index in [1.54, 1.807) is 33.8 Å². The second-order valence-electron chi connectivity index (χ2n) is 12.1. The van der Waals surface area contributed by atoms with Gasteiger partial charge in [0.25, 0.3) is 5.91 Å². The summed E-state index contributed by atoms with van der Waals surface area (Å²) in [6.07, 6.45) is -4.50. The first-order valence-electron chi connectivity index (χ1n) is 14.2. The van der Waals surface area contributed by atoms with E-state index in [4.69, 9.17) is 21.1 Å². The van der Waals surface area contributed by atoms with Gasteiger partial charge in [-0.2, -0.15) is 13.2 Å². The minimum absolute atomic E-state index is 0.108. The van der Waals surface area contributed by atoms with E-state index < -0.39 is 41.1 Å². The maximum atomic E-state index is 15.6. The van der Waals surface area contributed by atoms with Gasteiger partial charge < -0.3 is 19.5 Å². The number of amides is 1. The molecule has 0 spiro atoms. The Morgan fingerprint density at radius 3 is 2.39 bits per heavy atom. The summed E-state index contributed by atoms with van der Waals surface area (Å²) in [5.41, 5.74) is 2.28. The van der Waals surface area contributed by atoms with Gasteiger partial charge in [0.1, 0.15) is 0 Å². The molecule has 1 N–H and O–H groups in total. The third kappa shape index (κ3) is 5.77. The normalized spacial score (nSPS) is 15.5. The molecule has 0 unspecified atom stereocenters. The number of aliphatic carboxylic acids is 1. The van der Waals surface area contributed by atoms with Crippen molar-refractivity contribution in [3.63, 3.8) is 0 Å². The molecule has 0 fully saturated rings. The predicted octanol–water partition coefficient (Wildman–Crippen LogP) is 8.25. The molecule has 0 aliphatic carbocycles. The topological polar surface area (TPSA) is 76.1 Å². The number of fused-ring (bicyclic) bond motifs is 2. The highest BCUT2D eigenvalue weighted by atomic mass is 35.5. The Bertz CT molecular complexity index is 1680. The molecule has 1 amide bonds. The van der Waals surface area contributed by atoms with Crippen LogP contribution < -0.4 is 9.64 Å². The zero-order valence-corrected chi connectivity index (χ0v) is 25.7. The summed E-state index contributed by atoms with van der Waals surface area (Å²) < 4.78 is 67.0. The van der Waals surface area contributed by atoms with Crippen LogP contribution in [-0.4, -0.2) is 35.7 Å². The number of halogens is 5. The number of ether oxygens (including phenoxy) is 2. The second-order valence-corrected chi connectivity index (χ2v) is 12.5. The van der Waals surface area contributed by atoms with E-state index in [-0.39, 0.29) is 29.3 Å². The molecule has 2 aliphatic heterocycles. The molecular weight excluding hydrogens is 602 g/mol. The first-order valence-corrected chi connectivity index (χ1v) is 14.6. The van der Waals surface area contributed by atoms with Crippen LogP contribution in [0.2, 0.25) is 5.02 Å². The molecule has 11 heteroatoms. The maximum Gasteiger partial charge on any atom is 0.416 e. The third-order valence-corrected chi connectivity index (χ3v) is 8.28. The molecule has 2 aliphatic rings. The monoisotopic (exact) mass is 633 g/mol. The lowest BCUT2D eigenvalue weighted by molar-refractivity contribution is -0.160. The summed E-state index contributed by atoms with van der Waals surface area (Å²) in [7, 11) is 0. The van der Waals surface area contributed by atoms with Crippen molar-refractivity contribution in [2.75, 3.05) is 18.1 Å². The van der Waals surface area contributed by atoms with E-state index in [1.807, 2.05) is 6.92 Å². The lowest BCUT2D eigenvalue weighted by Crippen LogP contribution is -2.30. The molecule has 0 aromatic heterocycles. The lowest BCUT2D eigenvalue weighted by Gasteiger charge is -2.30. The van der Waals surface area contributed by atoms with E-state index in [2.05, 4.69) is 0 Å². The van der Waals surface area contributed by atoms with E-state index in [0.29, 0.717) is 64.6 Å². The number of benzene rings is 3. The molecule has 1 atom stereocenters. The van der Waals surface area contributed by atoms with Gasteiger partial charge in [0.15, 0.2) is 17.7 Å². The number of nitrogens with zero attached hydrogens (tertiary/aromatic N) is 1. The fourth-order valence-corrected chi connectivity index (χ4v) is 6.33. The van der Waals surface area contributed by atoms with Crippen molar-refractivity contribution < 1.29 is 41.7 Å². The number of carboxylic acid groups (broad SMARTS) is 1. The molecule has 44 heavy (non-hydrogen) atoms. The molecule has 5 rings (SSSR count). The summed E-state index contributed by atoms with van der Waals surface area (Å²) in [6.45, 7) is 9.27. The summed E-state index contributed by atoms with van der Waals surface area (Å²) in [6, 6.07) is 5.58. The number of anilines is 1. The lowest BCUT2D eigenvalue weighted by atomic mass is 9.83. The molecule has 3 aromatic carbocycles. The van der Waals surface area contributed by atoms with Gasteiger partial charge in [-0.25, -0.2) is 9.18 Å². The van der Waals surface area contributed by atoms with Crippen molar-refractivity contribution in [1.82, 2.24) is 0 Å². The number of hydrogen-bond donors (Lipinski definition) is 1. The van der Waals surface area contributed by atoms with Crippen molar-refractivity contribution in [3.8, 4) is 16.9 Å². The van der Waals surface area contributed by atoms with Crippen molar-refractivity contribution in [2.24, 2.45) is 0 Å². The molecule has 0 bridgehead atoms. The molecule has 2 heterocycles. The van der Waals surface area contributed by atoms with Gasteiger partial charge in [-0.1, -0.05) is 11.6 Å². The zero-order chi connectivity index (χ0) is 32.3. The quantitative estimate of drug-likeness (QED) is 0.286. The molecule has 234 valence electrons. The highest BCUT2D eigenvalue weighted by molar-refractivity contribution is 6.34. The van der Waals surface area contributed by atoms with E-state index >= 15 is 4.39 Å². The fourth-order valence-electron chi connectivity index (χ4n) is 6.07. The van der Waals surface area contributed by atoms with Gasteiger partial charge in [-0.3, -0.25) is 4.79 Å². The third-order valence-electron chi connectivity index (χ3n) is 7.97. The average Bonchev–Trinajstić information content (AvgIpc) is 3.35. The van der Waals surface area contributed by atoms with Crippen molar-refractivity contribution in [1.29, 1.82) is 0 Å². The van der Waals surface area contributed by atoms with Crippen LogP contribution in [-0.2, 0) is 28.5 Å². The Kier molecular flexibility index (Phi) is 8.22. The minimum atomic E-state index is -4.63. The minimum Gasteiger partial charge on any atom is -0.490 e. The number of carbonyl (C=O) groups excluding carboxylic acids is 1. The van der Waals surface area contributed by atoms with Crippen LogP contribution in [0.5, 0.6) is 5.75 Å². The Morgan fingerprint density at radius 1 is 1.07 bits per heavy atom. The second kappa shape index (κ2) is 11.4. The Balaban J connectivity index is 1.74. The maximum absolute atomic E-state index is 15.6. The summed E-state index contributed by atoms with van der Waals surface area (Å²) in [5.74, 6) is -2.24. The first kappa shape index (κ1) is 31.8. The zero-order valence-electron chi connectivity index (χ0n) is 24.9. The number of aryl methyl sites for hydroxylation is 1. The van der Waals surface area contributed by atoms with Gasteiger partial charge in [-0.15, -0.1) is 0 Å². The van der Waals surface area contributed by atoms with E-state index in [9.17, 15) is 27.9 Å². The summed E-state index contributed by atoms with van der Waals surface area (Å²) in [5, 5.41) is 10.0. The molecule has 6 nitrogen and oxygen atoms in total. The van der Waals surface area contributed by atoms with Gasteiger partial charge in [-0.05, 0) is 112 Å². The van der Waals surface area contributed by atoms with Crippen molar-refractivity contribution >= 4 is 29.2 Å². The van der Waals surface area contributed by atoms with E-state index in [0.717, 1.165) is 17.7 Å². The van der Waals surface area contributed by atoms with Crippen molar-refractivity contribution in [3.05, 3.63) is 80.1 Å². The molecule has 0 radical (unpaired) electrons. The highest BCUT2D eigenvalue weighted by Crippen LogP contribution is 2.48. The Labute approximate surface area is 257 Å². The standard InChI is InChI=1S/C33H32ClF4NO5/c1-16-13-25-21(10-11-39(25)30(40)20-9-8-18(14-23(20)34)33(36,37)38)27(26(16)29(31(41)42)44-32(3,4)5)22-15-24(35)28-19(17(22)2)7-6-12-43-28/h8-9,13-15,29H,6-7,10-12H2,1-5H3,(H,41,42)/t29-/m0/s1. The number of rotatable bonds is 5. The number of carboxylic acids is 1. The number of alkyl halides is 3. The first-order chi connectivity index (χ1) is 20.5. The van der Waals surface area contributed by atoms with Crippen molar-refractivity contribution in [2.45, 2.75) is 71.8 Å². The Morgan fingerprint density at radius 2 is 1.77 bits per heavy atom. The number of carbonyl (C=O) groups is 2. The average molecular weight is 634 g/mol.